The van der Waals surface area contributed by atoms with Crippen molar-refractivity contribution in [2.45, 2.75) is 44.5 Å². The van der Waals surface area contributed by atoms with Crippen molar-refractivity contribution in [3.05, 3.63) is 29.8 Å². The predicted octanol–water partition coefficient (Wildman–Crippen LogP) is 1.87. The molecule has 21 heavy (non-hydrogen) atoms. The fourth-order valence-electron chi connectivity index (χ4n) is 2.65. The van der Waals surface area contributed by atoms with Gasteiger partial charge in [0.2, 0.25) is 10.0 Å². The highest BCUT2D eigenvalue weighted by molar-refractivity contribution is 7.93. The SMILES string of the molecule is CC(C)N(c1ccc(CN)cc1)S(=O)(=O)C1CCOCC1. The van der Waals surface area contributed by atoms with Gasteiger partial charge in [-0.1, -0.05) is 12.1 Å². The maximum absolute atomic E-state index is 12.9. The van der Waals surface area contributed by atoms with E-state index in [9.17, 15) is 8.42 Å². The quantitative estimate of drug-likeness (QED) is 0.901. The van der Waals surface area contributed by atoms with Crippen LogP contribution in [0.3, 0.4) is 0 Å². The number of hydrogen-bond donors (Lipinski definition) is 1. The van der Waals surface area contributed by atoms with E-state index in [1.165, 1.54) is 4.31 Å². The average Bonchev–Trinajstić information content (AvgIpc) is 2.48. The molecule has 0 amide bonds. The largest absolute Gasteiger partial charge is 0.381 e. The minimum absolute atomic E-state index is 0.124. The van der Waals surface area contributed by atoms with E-state index in [0.717, 1.165) is 5.56 Å². The maximum atomic E-state index is 12.9. The molecule has 1 aromatic rings. The third kappa shape index (κ3) is 3.56. The predicted molar refractivity (Wildman–Crippen MR) is 84.7 cm³/mol. The first-order chi connectivity index (χ1) is 9.96. The van der Waals surface area contributed by atoms with Crippen molar-refractivity contribution in [1.29, 1.82) is 0 Å². The molecular weight excluding hydrogens is 288 g/mol. The van der Waals surface area contributed by atoms with Crippen molar-refractivity contribution < 1.29 is 13.2 Å². The van der Waals surface area contributed by atoms with E-state index in [-0.39, 0.29) is 11.3 Å². The molecule has 6 heteroatoms. The second-order valence-corrected chi connectivity index (χ2v) is 7.71. The number of nitrogens with zero attached hydrogens (tertiary/aromatic N) is 1. The van der Waals surface area contributed by atoms with Crippen molar-refractivity contribution in [3.8, 4) is 0 Å². The van der Waals surface area contributed by atoms with E-state index in [4.69, 9.17) is 10.5 Å². The van der Waals surface area contributed by atoms with Crippen LogP contribution in [0.2, 0.25) is 0 Å². The number of nitrogens with two attached hydrogens (primary N) is 1. The number of ether oxygens (including phenoxy) is 1. The van der Waals surface area contributed by atoms with E-state index >= 15 is 0 Å². The van der Waals surface area contributed by atoms with Gasteiger partial charge in [0.25, 0.3) is 0 Å². The summed E-state index contributed by atoms with van der Waals surface area (Å²) in [5, 5.41) is -0.358. The molecule has 0 saturated carbocycles. The van der Waals surface area contributed by atoms with Crippen molar-refractivity contribution in [2.24, 2.45) is 5.73 Å². The number of rotatable bonds is 5. The van der Waals surface area contributed by atoms with Gasteiger partial charge in [-0.3, -0.25) is 4.31 Å². The Kier molecular flexibility index (Phi) is 5.24. The van der Waals surface area contributed by atoms with Gasteiger partial charge in [-0.05, 0) is 44.4 Å². The molecule has 0 radical (unpaired) electrons. The van der Waals surface area contributed by atoms with Gasteiger partial charge in [0.15, 0.2) is 0 Å². The van der Waals surface area contributed by atoms with Gasteiger partial charge in [-0.15, -0.1) is 0 Å². The Morgan fingerprint density at radius 2 is 1.81 bits per heavy atom. The molecule has 5 nitrogen and oxygen atoms in total. The number of anilines is 1. The molecule has 0 unspecified atom stereocenters. The summed E-state index contributed by atoms with van der Waals surface area (Å²) in [5.41, 5.74) is 7.29. The normalized spacial score (nSPS) is 17.1. The Labute approximate surface area is 127 Å². The van der Waals surface area contributed by atoms with Gasteiger partial charge in [0, 0.05) is 25.8 Å². The van der Waals surface area contributed by atoms with Crippen molar-refractivity contribution in [2.75, 3.05) is 17.5 Å². The number of sulfonamides is 1. The van der Waals surface area contributed by atoms with Crippen LogP contribution in [-0.2, 0) is 21.3 Å². The fourth-order valence-corrected chi connectivity index (χ4v) is 4.76. The molecule has 2 rings (SSSR count). The van der Waals surface area contributed by atoms with Crippen LogP contribution in [0.1, 0.15) is 32.3 Å². The van der Waals surface area contributed by atoms with Gasteiger partial charge in [-0.25, -0.2) is 8.42 Å². The molecule has 1 aliphatic heterocycles. The zero-order valence-corrected chi connectivity index (χ0v) is 13.5. The van der Waals surface area contributed by atoms with Crippen LogP contribution < -0.4 is 10.0 Å². The summed E-state index contributed by atoms with van der Waals surface area (Å²) in [5.74, 6) is 0. The van der Waals surface area contributed by atoms with Gasteiger partial charge in [-0.2, -0.15) is 0 Å². The van der Waals surface area contributed by atoms with Crippen molar-refractivity contribution in [3.63, 3.8) is 0 Å². The molecule has 2 N–H and O–H groups in total. The van der Waals surface area contributed by atoms with Crippen LogP contribution in [0.5, 0.6) is 0 Å². The van der Waals surface area contributed by atoms with Crippen molar-refractivity contribution >= 4 is 15.7 Å². The molecule has 0 atom stereocenters. The summed E-state index contributed by atoms with van der Waals surface area (Å²) in [4.78, 5) is 0. The topological polar surface area (TPSA) is 72.6 Å². The minimum atomic E-state index is -3.37. The molecule has 0 bridgehead atoms. The monoisotopic (exact) mass is 312 g/mol. The fraction of sp³-hybridized carbons (Fsp3) is 0.600. The number of hydrogen-bond acceptors (Lipinski definition) is 4. The highest BCUT2D eigenvalue weighted by Gasteiger charge is 2.35. The lowest BCUT2D eigenvalue weighted by Gasteiger charge is -2.33. The zero-order valence-electron chi connectivity index (χ0n) is 12.7. The second kappa shape index (κ2) is 6.77. The maximum Gasteiger partial charge on any atom is 0.238 e. The summed E-state index contributed by atoms with van der Waals surface area (Å²) in [6.45, 7) is 5.28. The summed E-state index contributed by atoms with van der Waals surface area (Å²) < 4.78 is 32.7. The third-order valence-electron chi connectivity index (χ3n) is 3.76. The average molecular weight is 312 g/mol. The van der Waals surface area contributed by atoms with Gasteiger partial charge < -0.3 is 10.5 Å². The summed E-state index contributed by atoms with van der Waals surface area (Å²) in [6.07, 6.45) is 1.12. The Morgan fingerprint density at radius 3 is 2.29 bits per heavy atom. The molecular formula is C15H24N2O3S. The molecule has 1 heterocycles. The molecule has 1 aromatic carbocycles. The third-order valence-corrected chi connectivity index (χ3v) is 6.25. The lowest BCUT2D eigenvalue weighted by atomic mass is 10.2. The van der Waals surface area contributed by atoms with Crippen LogP contribution in [0.4, 0.5) is 5.69 Å². The summed E-state index contributed by atoms with van der Waals surface area (Å²) >= 11 is 0. The highest BCUT2D eigenvalue weighted by atomic mass is 32.2. The standard InChI is InChI=1S/C15H24N2O3S/c1-12(2)17(14-5-3-13(11-16)4-6-14)21(18,19)15-7-9-20-10-8-15/h3-6,12,15H,7-11,16H2,1-2H3. The first-order valence-electron chi connectivity index (χ1n) is 7.37. The first kappa shape index (κ1) is 16.3. The Hall–Kier alpha value is -1.11. The van der Waals surface area contributed by atoms with E-state index in [1.807, 2.05) is 38.1 Å². The first-order valence-corrected chi connectivity index (χ1v) is 8.87. The van der Waals surface area contributed by atoms with E-state index in [0.29, 0.717) is 38.3 Å². The Morgan fingerprint density at radius 1 is 1.24 bits per heavy atom. The smallest absolute Gasteiger partial charge is 0.238 e. The summed E-state index contributed by atoms with van der Waals surface area (Å²) in [6, 6.07) is 7.30. The van der Waals surface area contributed by atoms with Crippen LogP contribution >= 0.6 is 0 Å². The van der Waals surface area contributed by atoms with E-state index in [2.05, 4.69) is 0 Å². The molecule has 0 spiro atoms. The van der Waals surface area contributed by atoms with Crippen LogP contribution in [-0.4, -0.2) is 32.9 Å². The van der Waals surface area contributed by atoms with Crippen molar-refractivity contribution in [1.82, 2.24) is 0 Å². The Bertz CT molecular complexity index is 549. The van der Waals surface area contributed by atoms with Gasteiger partial charge >= 0.3 is 0 Å². The highest BCUT2D eigenvalue weighted by Crippen LogP contribution is 2.27. The molecule has 1 fully saturated rings. The molecule has 1 saturated heterocycles. The lowest BCUT2D eigenvalue weighted by Crippen LogP contribution is -2.45. The minimum Gasteiger partial charge on any atom is -0.381 e. The number of benzene rings is 1. The van der Waals surface area contributed by atoms with E-state index < -0.39 is 10.0 Å². The molecule has 0 aromatic heterocycles. The molecule has 118 valence electrons. The second-order valence-electron chi connectivity index (χ2n) is 5.62. The van der Waals surface area contributed by atoms with E-state index in [1.54, 1.807) is 0 Å². The molecule has 1 aliphatic rings. The van der Waals surface area contributed by atoms with Gasteiger partial charge in [0.05, 0.1) is 10.9 Å². The zero-order chi connectivity index (χ0) is 15.5. The van der Waals surface area contributed by atoms with Crippen LogP contribution in [0.15, 0.2) is 24.3 Å². The Balaban J connectivity index is 2.32. The van der Waals surface area contributed by atoms with Gasteiger partial charge in [0.1, 0.15) is 0 Å². The van der Waals surface area contributed by atoms with Crippen LogP contribution in [0, 0.1) is 0 Å². The summed E-state index contributed by atoms with van der Waals surface area (Å²) in [7, 11) is -3.37. The lowest BCUT2D eigenvalue weighted by molar-refractivity contribution is 0.0983. The van der Waals surface area contributed by atoms with Crippen LogP contribution in [0.25, 0.3) is 0 Å². The molecule has 0 aliphatic carbocycles.